The summed E-state index contributed by atoms with van der Waals surface area (Å²) in [6.07, 6.45) is 11.3. The van der Waals surface area contributed by atoms with Crippen molar-refractivity contribution in [1.29, 1.82) is 0 Å². The molecule has 182 valence electrons. The molecule has 4 fully saturated rings. The minimum Gasteiger partial charge on any atom is -0.385 e. The second-order valence-electron chi connectivity index (χ2n) is 10.1. The summed E-state index contributed by atoms with van der Waals surface area (Å²) in [5.41, 5.74) is 2.16. The maximum Gasteiger partial charge on any atom is 0.252 e. The zero-order chi connectivity index (χ0) is 21.0. The van der Waals surface area contributed by atoms with Gasteiger partial charge in [-0.1, -0.05) is 17.7 Å². The van der Waals surface area contributed by atoms with Gasteiger partial charge in [-0.05, 0) is 112 Å². The number of nitrogens with one attached hydrogen (secondary N) is 2. The van der Waals surface area contributed by atoms with Gasteiger partial charge in [-0.25, -0.2) is 0 Å². The van der Waals surface area contributed by atoms with Crippen LogP contribution in [-0.4, -0.2) is 39.3 Å². The van der Waals surface area contributed by atoms with Crippen molar-refractivity contribution in [3.63, 3.8) is 0 Å². The lowest BCUT2D eigenvalue weighted by Crippen LogP contribution is -2.51. The van der Waals surface area contributed by atoms with E-state index < -0.39 is 0 Å². The molecule has 2 N–H and O–H groups in total. The number of methoxy groups -OCH3 is 1. The van der Waals surface area contributed by atoms with Crippen LogP contribution >= 0.6 is 36.4 Å². The van der Waals surface area contributed by atoms with E-state index in [0.29, 0.717) is 16.0 Å². The van der Waals surface area contributed by atoms with Crippen LogP contribution in [-0.2, 0) is 11.2 Å². The van der Waals surface area contributed by atoms with Gasteiger partial charge in [0.2, 0.25) is 0 Å². The normalized spacial score (nSPS) is 27.5. The van der Waals surface area contributed by atoms with Crippen molar-refractivity contribution in [2.24, 2.45) is 23.2 Å². The molecule has 7 heteroatoms. The summed E-state index contributed by atoms with van der Waals surface area (Å²) in [5.74, 6) is 2.71. The fraction of sp³-hybridized carbons (Fsp3) is 0.720. The monoisotopic (exact) mass is 504 g/mol. The van der Waals surface area contributed by atoms with Gasteiger partial charge in [0.05, 0.1) is 10.6 Å². The van der Waals surface area contributed by atoms with E-state index in [-0.39, 0.29) is 30.7 Å². The van der Waals surface area contributed by atoms with E-state index >= 15 is 0 Å². The van der Waals surface area contributed by atoms with E-state index in [9.17, 15) is 4.79 Å². The van der Waals surface area contributed by atoms with E-state index in [0.717, 1.165) is 63.3 Å². The average Bonchev–Trinajstić information content (AvgIpc) is 2.71. The Morgan fingerprint density at radius 3 is 2.31 bits per heavy atom. The van der Waals surface area contributed by atoms with Gasteiger partial charge in [-0.3, -0.25) is 4.79 Å². The van der Waals surface area contributed by atoms with Crippen molar-refractivity contribution in [2.75, 3.05) is 33.4 Å². The third kappa shape index (κ3) is 6.99. The fourth-order valence-corrected chi connectivity index (χ4v) is 6.86. The van der Waals surface area contributed by atoms with Crippen LogP contribution in [0.3, 0.4) is 0 Å². The molecule has 0 radical (unpaired) electrons. The van der Waals surface area contributed by atoms with Crippen LogP contribution in [0.1, 0.15) is 67.3 Å². The number of carbonyl (C=O) groups is 1. The highest BCUT2D eigenvalue weighted by molar-refractivity contribution is 6.33. The second-order valence-corrected chi connectivity index (χ2v) is 10.5. The summed E-state index contributed by atoms with van der Waals surface area (Å²) in [5, 5.41) is 7.26. The van der Waals surface area contributed by atoms with Gasteiger partial charge in [0, 0.05) is 20.3 Å². The summed E-state index contributed by atoms with van der Waals surface area (Å²) in [7, 11) is 1.73. The fourth-order valence-electron chi connectivity index (χ4n) is 6.66. The molecule has 5 rings (SSSR count). The molecule has 0 unspecified atom stereocenters. The van der Waals surface area contributed by atoms with Gasteiger partial charge in [-0.2, -0.15) is 0 Å². The first kappa shape index (κ1) is 27.7. The molecule has 4 aliphatic carbocycles. The highest BCUT2D eigenvalue weighted by Crippen LogP contribution is 2.59. The molecule has 1 aromatic carbocycles. The highest BCUT2D eigenvalue weighted by Gasteiger charge is 2.50. The Morgan fingerprint density at radius 2 is 1.69 bits per heavy atom. The van der Waals surface area contributed by atoms with Crippen molar-refractivity contribution in [3.05, 3.63) is 34.3 Å². The minimum atomic E-state index is -0.00436. The summed E-state index contributed by atoms with van der Waals surface area (Å²) < 4.78 is 5.06. The molecule has 0 atom stereocenters. The lowest BCUT2D eigenvalue weighted by Gasteiger charge is -2.56. The minimum absolute atomic E-state index is 0. The Morgan fingerprint density at radius 1 is 1.06 bits per heavy atom. The number of amides is 1. The van der Waals surface area contributed by atoms with Gasteiger partial charge < -0.3 is 15.4 Å². The lowest BCUT2D eigenvalue weighted by atomic mass is 9.49. The number of ether oxygens (including phenoxy) is 1. The molecule has 4 aliphatic rings. The van der Waals surface area contributed by atoms with E-state index in [1.165, 1.54) is 44.1 Å². The number of aryl methyl sites for hydroxylation is 1. The Balaban J connectivity index is 0.00000181. The molecule has 0 aliphatic heterocycles. The van der Waals surface area contributed by atoms with Crippen LogP contribution in [0.5, 0.6) is 0 Å². The predicted molar refractivity (Wildman–Crippen MR) is 137 cm³/mol. The second kappa shape index (κ2) is 12.8. The number of benzene rings is 1. The molecular formula is C25H39Cl3N2O2. The number of hydrogen-bond acceptors (Lipinski definition) is 3. The number of halogens is 3. The van der Waals surface area contributed by atoms with Gasteiger partial charge in [0.25, 0.3) is 5.91 Å². The first-order valence-corrected chi connectivity index (χ1v) is 12.2. The van der Waals surface area contributed by atoms with Crippen LogP contribution < -0.4 is 10.6 Å². The topological polar surface area (TPSA) is 50.4 Å². The molecule has 0 spiro atoms. The van der Waals surface area contributed by atoms with E-state index in [4.69, 9.17) is 16.3 Å². The van der Waals surface area contributed by atoms with Crippen molar-refractivity contribution in [1.82, 2.24) is 10.6 Å². The Bertz CT molecular complexity index is 709. The standard InChI is InChI=1S/C25H37ClN2O2.2ClH/c1-30-9-3-8-27-7-2-4-18-5-6-23(26)22(13-18)24(29)28-17-25-14-19-10-20(15-25)12-21(11-19)16-25;;/h5-6,13,19-21,27H,2-4,7-12,14-17H2,1H3,(H,28,29);2*1H. The van der Waals surface area contributed by atoms with Gasteiger partial charge >= 0.3 is 0 Å². The zero-order valence-electron chi connectivity index (χ0n) is 19.2. The predicted octanol–water partition coefficient (Wildman–Crippen LogP) is 5.69. The van der Waals surface area contributed by atoms with Gasteiger partial charge in [0.1, 0.15) is 0 Å². The summed E-state index contributed by atoms with van der Waals surface area (Å²) in [6, 6.07) is 5.91. The molecule has 4 nitrogen and oxygen atoms in total. The zero-order valence-corrected chi connectivity index (χ0v) is 21.6. The molecule has 4 bridgehead atoms. The van der Waals surface area contributed by atoms with E-state index in [2.05, 4.69) is 10.6 Å². The van der Waals surface area contributed by atoms with Crippen molar-refractivity contribution < 1.29 is 9.53 Å². The molecule has 0 heterocycles. The molecular weight excluding hydrogens is 467 g/mol. The quantitative estimate of drug-likeness (QED) is 0.380. The largest absolute Gasteiger partial charge is 0.385 e. The van der Waals surface area contributed by atoms with E-state index in [1.807, 2.05) is 18.2 Å². The average molecular weight is 506 g/mol. The van der Waals surface area contributed by atoms with Crippen molar-refractivity contribution in [2.45, 2.75) is 57.8 Å². The van der Waals surface area contributed by atoms with Crippen molar-refractivity contribution in [3.8, 4) is 0 Å². The van der Waals surface area contributed by atoms with Gasteiger partial charge in [0.15, 0.2) is 0 Å². The summed E-state index contributed by atoms with van der Waals surface area (Å²) in [4.78, 5) is 13.0. The van der Waals surface area contributed by atoms with Crippen LogP contribution in [0.15, 0.2) is 18.2 Å². The van der Waals surface area contributed by atoms with Crippen molar-refractivity contribution >= 4 is 42.3 Å². The number of hydrogen-bond donors (Lipinski definition) is 2. The molecule has 32 heavy (non-hydrogen) atoms. The SMILES string of the molecule is COCCCNCCCc1ccc(Cl)c(C(=O)NCC23CC4CC(CC(C4)C2)C3)c1.Cl.Cl. The summed E-state index contributed by atoms with van der Waals surface area (Å²) in [6.45, 7) is 3.57. The number of rotatable bonds is 11. The third-order valence-corrected chi connectivity index (χ3v) is 7.92. The Labute approximate surface area is 210 Å². The lowest BCUT2D eigenvalue weighted by molar-refractivity contribution is -0.0503. The smallest absolute Gasteiger partial charge is 0.252 e. The first-order chi connectivity index (χ1) is 14.6. The maximum absolute atomic E-state index is 13.0. The molecule has 1 amide bonds. The molecule has 0 aromatic heterocycles. The van der Waals surface area contributed by atoms with Crippen LogP contribution in [0.2, 0.25) is 5.02 Å². The molecule has 4 saturated carbocycles. The van der Waals surface area contributed by atoms with Crippen LogP contribution in [0.4, 0.5) is 0 Å². The Kier molecular flexibility index (Phi) is 11.1. The first-order valence-electron chi connectivity index (χ1n) is 11.8. The van der Waals surface area contributed by atoms with Crippen LogP contribution in [0.25, 0.3) is 0 Å². The molecule has 1 aromatic rings. The molecule has 0 saturated heterocycles. The number of carbonyl (C=O) groups excluding carboxylic acids is 1. The highest BCUT2D eigenvalue weighted by atomic mass is 35.5. The van der Waals surface area contributed by atoms with E-state index in [1.54, 1.807) is 7.11 Å². The Hall–Kier alpha value is -0.520. The summed E-state index contributed by atoms with van der Waals surface area (Å²) >= 11 is 6.39. The maximum atomic E-state index is 13.0. The van der Waals surface area contributed by atoms with Crippen LogP contribution in [0, 0.1) is 23.2 Å². The van der Waals surface area contributed by atoms with Gasteiger partial charge in [-0.15, -0.1) is 24.8 Å². The third-order valence-electron chi connectivity index (χ3n) is 7.59.